The van der Waals surface area contributed by atoms with Gasteiger partial charge in [0, 0.05) is 6.04 Å². The first-order valence-corrected chi connectivity index (χ1v) is 4.86. The van der Waals surface area contributed by atoms with Crippen molar-refractivity contribution in [2.75, 3.05) is 19.7 Å². The first-order chi connectivity index (χ1) is 6.24. The Morgan fingerprint density at radius 1 is 1.77 bits per heavy atom. The number of nitrogens with one attached hydrogen (secondary N) is 1. The maximum atomic E-state index is 11.1. The highest BCUT2D eigenvalue weighted by Crippen LogP contribution is 2.13. The SMILES string of the molecule is CCOC(=O)CC(N)C1CCNC1. The highest BCUT2D eigenvalue weighted by Gasteiger charge is 2.23. The first kappa shape index (κ1) is 10.5. The summed E-state index contributed by atoms with van der Waals surface area (Å²) >= 11 is 0. The normalized spacial score (nSPS) is 24.3. The number of hydrogen-bond acceptors (Lipinski definition) is 4. The van der Waals surface area contributed by atoms with Crippen molar-refractivity contribution >= 4 is 5.97 Å². The Kier molecular flexibility index (Phi) is 4.18. The van der Waals surface area contributed by atoms with Crippen molar-refractivity contribution < 1.29 is 9.53 Å². The van der Waals surface area contributed by atoms with Gasteiger partial charge in [-0.05, 0) is 32.4 Å². The second kappa shape index (κ2) is 5.19. The third kappa shape index (κ3) is 3.32. The molecule has 0 amide bonds. The van der Waals surface area contributed by atoms with E-state index in [0.717, 1.165) is 19.5 Å². The van der Waals surface area contributed by atoms with Crippen molar-refractivity contribution in [3.63, 3.8) is 0 Å². The van der Waals surface area contributed by atoms with E-state index in [1.54, 1.807) is 6.92 Å². The molecule has 1 saturated heterocycles. The Labute approximate surface area is 78.8 Å². The van der Waals surface area contributed by atoms with Crippen LogP contribution in [-0.2, 0) is 9.53 Å². The summed E-state index contributed by atoms with van der Waals surface area (Å²) in [7, 11) is 0. The summed E-state index contributed by atoms with van der Waals surface area (Å²) in [6.07, 6.45) is 1.42. The van der Waals surface area contributed by atoms with Crippen molar-refractivity contribution in [3.8, 4) is 0 Å². The molecule has 0 radical (unpaired) electrons. The molecule has 1 heterocycles. The Hall–Kier alpha value is -0.610. The topological polar surface area (TPSA) is 64.3 Å². The molecule has 1 aliphatic rings. The zero-order valence-electron chi connectivity index (χ0n) is 8.08. The highest BCUT2D eigenvalue weighted by atomic mass is 16.5. The number of ether oxygens (including phenoxy) is 1. The van der Waals surface area contributed by atoms with Gasteiger partial charge in [0.2, 0.25) is 0 Å². The molecular formula is C9H18N2O2. The quantitative estimate of drug-likeness (QED) is 0.601. The molecule has 0 bridgehead atoms. The first-order valence-electron chi connectivity index (χ1n) is 4.86. The molecule has 0 aromatic carbocycles. The number of carbonyl (C=O) groups excluding carboxylic acids is 1. The van der Waals surface area contributed by atoms with Gasteiger partial charge in [-0.1, -0.05) is 0 Å². The van der Waals surface area contributed by atoms with E-state index in [1.165, 1.54) is 0 Å². The lowest BCUT2D eigenvalue weighted by molar-refractivity contribution is -0.143. The number of carbonyl (C=O) groups is 1. The molecule has 3 N–H and O–H groups in total. The van der Waals surface area contributed by atoms with Crippen LogP contribution in [0.5, 0.6) is 0 Å². The number of nitrogens with two attached hydrogens (primary N) is 1. The highest BCUT2D eigenvalue weighted by molar-refractivity contribution is 5.70. The average Bonchev–Trinajstić information content (AvgIpc) is 2.55. The van der Waals surface area contributed by atoms with Crippen LogP contribution in [0.2, 0.25) is 0 Å². The standard InChI is InChI=1S/C9H18N2O2/c1-2-13-9(12)5-8(10)7-3-4-11-6-7/h7-8,11H,2-6,10H2,1H3. The maximum absolute atomic E-state index is 11.1. The molecule has 1 rings (SSSR count). The summed E-state index contributed by atoms with van der Waals surface area (Å²) < 4.78 is 4.83. The minimum absolute atomic E-state index is 0.0472. The fraction of sp³-hybridized carbons (Fsp3) is 0.889. The Bertz CT molecular complexity index is 167. The minimum atomic E-state index is -0.179. The third-order valence-corrected chi connectivity index (χ3v) is 2.41. The van der Waals surface area contributed by atoms with Gasteiger partial charge in [0.05, 0.1) is 13.0 Å². The van der Waals surface area contributed by atoms with E-state index in [1.807, 2.05) is 0 Å². The van der Waals surface area contributed by atoms with E-state index >= 15 is 0 Å². The van der Waals surface area contributed by atoms with Gasteiger partial charge >= 0.3 is 5.97 Å². The molecule has 2 unspecified atom stereocenters. The number of esters is 1. The van der Waals surface area contributed by atoms with Crippen molar-refractivity contribution in [2.45, 2.75) is 25.8 Å². The monoisotopic (exact) mass is 186 g/mol. The molecule has 4 nitrogen and oxygen atoms in total. The van der Waals surface area contributed by atoms with E-state index in [0.29, 0.717) is 18.9 Å². The molecule has 2 atom stereocenters. The van der Waals surface area contributed by atoms with Gasteiger partial charge in [0.15, 0.2) is 0 Å². The lowest BCUT2D eigenvalue weighted by Crippen LogP contribution is -2.34. The van der Waals surface area contributed by atoms with Crippen LogP contribution in [-0.4, -0.2) is 31.7 Å². The molecule has 0 spiro atoms. The van der Waals surface area contributed by atoms with Crippen LogP contribution in [0.15, 0.2) is 0 Å². The average molecular weight is 186 g/mol. The predicted octanol–water partition coefficient (Wildman–Crippen LogP) is -0.124. The molecule has 4 heteroatoms. The smallest absolute Gasteiger partial charge is 0.307 e. The van der Waals surface area contributed by atoms with E-state index in [9.17, 15) is 4.79 Å². The summed E-state index contributed by atoms with van der Waals surface area (Å²) in [5, 5.41) is 3.23. The summed E-state index contributed by atoms with van der Waals surface area (Å²) in [5.41, 5.74) is 5.87. The molecule has 13 heavy (non-hydrogen) atoms. The van der Waals surface area contributed by atoms with Gasteiger partial charge in [0.25, 0.3) is 0 Å². The van der Waals surface area contributed by atoms with E-state index in [-0.39, 0.29) is 12.0 Å². The summed E-state index contributed by atoms with van der Waals surface area (Å²) in [4.78, 5) is 11.1. The molecule has 0 saturated carbocycles. The van der Waals surface area contributed by atoms with Gasteiger partial charge in [-0.2, -0.15) is 0 Å². The fourth-order valence-electron chi connectivity index (χ4n) is 1.62. The molecule has 1 aliphatic heterocycles. The van der Waals surface area contributed by atoms with Crippen molar-refractivity contribution in [3.05, 3.63) is 0 Å². The molecule has 0 aromatic rings. The molecule has 1 fully saturated rings. The second-order valence-electron chi connectivity index (χ2n) is 3.43. The van der Waals surface area contributed by atoms with Crippen LogP contribution >= 0.6 is 0 Å². The second-order valence-corrected chi connectivity index (χ2v) is 3.43. The molecule has 0 aliphatic carbocycles. The van der Waals surface area contributed by atoms with Crippen LogP contribution < -0.4 is 11.1 Å². The zero-order chi connectivity index (χ0) is 9.68. The summed E-state index contributed by atoms with van der Waals surface area (Å²) in [6, 6.07) is -0.0472. The van der Waals surface area contributed by atoms with Crippen LogP contribution in [0.25, 0.3) is 0 Å². The van der Waals surface area contributed by atoms with Gasteiger partial charge in [0.1, 0.15) is 0 Å². The Morgan fingerprint density at radius 3 is 3.08 bits per heavy atom. The number of hydrogen-bond donors (Lipinski definition) is 2. The van der Waals surface area contributed by atoms with Crippen LogP contribution in [0.4, 0.5) is 0 Å². The van der Waals surface area contributed by atoms with Crippen LogP contribution in [0.1, 0.15) is 19.8 Å². The molecular weight excluding hydrogens is 168 g/mol. The third-order valence-electron chi connectivity index (χ3n) is 2.41. The van der Waals surface area contributed by atoms with Crippen molar-refractivity contribution in [1.29, 1.82) is 0 Å². The van der Waals surface area contributed by atoms with Gasteiger partial charge in [-0.25, -0.2) is 0 Å². The lowest BCUT2D eigenvalue weighted by atomic mass is 9.97. The van der Waals surface area contributed by atoms with E-state index in [2.05, 4.69) is 5.32 Å². The van der Waals surface area contributed by atoms with E-state index in [4.69, 9.17) is 10.5 Å². The zero-order valence-corrected chi connectivity index (χ0v) is 8.08. The largest absolute Gasteiger partial charge is 0.466 e. The van der Waals surface area contributed by atoms with Crippen LogP contribution in [0, 0.1) is 5.92 Å². The van der Waals surface area contributed by atoms with Gasteiger partial charge < -0.3 is 15.8 Å². The van der Waals surface area contributed by atoms with Crippen LogP contribution in [0.3, 0.4) is 0 Å². The Balaban J connectivity index is 2.22. The lowest BCUT2D eigenvalue weighted by Gasteiger charge is -2.16. The van der Waals surface area contributed by atoms with Gasteiger partial charge in [-0.15, -0.1) is 0 Å². The maximum Gasteiger partial charge on any atom is 0.307 e. The number of rotatable bonds is 4. The Morgan fingerprint density at radius 2 is 2.54 bits per heavy atom. The molecule has 0 aromatic heterocycles. The summed E-state index contributed by atoms with van der Waals surface area (Å²) in [6.45, 7) is 4.19. The van der Waals surface area contributed by atoms with Gasteiger partial charge in [-0.3, -0.25) is 4.79 Å². The predicted molar refractivity (Wildman–Crippen MR) is 50.2 cm³/mol. The summed E-state index contributed by atoms with van der Waals surface area (Å²) in [5.74, 6) is 0.256. The van der Waals surface area contributed by atoms with Crippen molar-refractivity contribution in [2.24, 2.45) is 11.7 Å². The van der Waals surface area contributed by atoms with Crippen molar-refractivity contribution in [1.82, 2.24) is 5.32 Å². The molecule has 76 valence electrons. The van der Waals surface area contributed by atoms with E-state index < -0.39 is 0 Å². The fourth-order valence-corrected chi connectivity index (χ4v) is 1.62. The minimum Gasteiger partial charge on any atom is -0.466 e.